The summed E-state index contributed by atoms with van der Waals surface area (Å²) in [6.07, 6.45) is 3.90. The molecule has 88 valence electrons. The topological polar surface area (TPSA) is 44.5 Å². The van der Waals surface area contributed by atoms with Crippen LogP contribution in [0, 0.1) is 0 Å². The van der Waals surface area contributed by atoms with Gasteiger partial charge < -0.3 is 15.2 Å². The summed E-state index contributed by atoms with van der Waals surface area (Å²) in [4.78, 5) is 0. The van der Waals surface area contributed by atoms with Crippen LogP contribution in [0.25, 0.3) is 0 Å². The lowest BCUT2D eigenvalue weighted by Gasteiger charge is -2.11. The first-order valence-electron chi connectivity index (χ1n) is 5.51. The van der Waals surface area contributed by atoms with Crippen LogP contribution >= 0.6 is 0 Å². The number of hydrogen-bond donors (Lipinski definition) is 1. The van der Waals surface area contributed by atoms with Crippen molar-refractivity contribution in [3.05, 3.63) is 35.9 Å². The highest BCUT2D eigenvalue weighted by molar-refractivity contribution is 5.43. The highest BCUT2D eigenvalue weighted by Crippen LogP contribution is 2.28. The van der Waals surface area contributed by atoms with Gasteiger partial charge in [-0.3, -0.25) is 0 Å². The third kappa shape index (κ3) is 3.59. The lowest BCUT2D eigenvalue weighted by atomic mass is 10.2. The van der Waals surface area contributed by atoms with Crippen molar-refractivity contribution >= 4 is 0 Å². The van der Waals surface area contributed by atoms with E-state index in [-0.39, 0.29) is 0 Å². The van der Waals surface area contributed by atoms with Crippen molar-refractivity contribution in [2.45, 2.75) is 20.4 Å². The lowest BCUT2D eigenvalue weighted by Crippen LogP contribution is -2.02. The second-order valence-corrected chi connectivity index (χ2v) is 3.30. The minimum Gasteiger partial charge on any atom is -0.490 e. The van der Waals surface area contributed by atoms with Crippen LogP contribution < -0.4 is 15.2 Å². The second kappa shape index (κ2) is 6.90. The fraction of sp³-hybridized carbons (Fsp3) is 0.385. The van der Waals surface area contributed by atoms with Crippen LogP contribution in [0.15, 0.2) is 30.4 Å². The summed E-state index contributed by atoms with van der Waals surface area (Å²) in [5, 5.41) is 0. The van der Waals surface area contributed by atoms with Crippen LogP contribution in [-0.2, 0) is 6.54 Å². The van der Waals surface area contributed by atoms with Gasteiger partial charge in [-0.15, -0.1) is 0 Å². The number of allylic oxidation sites excluding steroid dienone is 1. The summed E-state index contributed by atoms with van der Waals surface area (Å²) in [5.41, 5.74) is 6.62. The van der Waals surface area contributed by atoms with E-state index < -0.39 is 0 Å². The minimum absolute atomic E-state index is 0.509. The molecule has 1 rings (SSSR count). The van der Waals surface area contributed by atoms with E-state index in [1.54, 1.807) is 0 Å². The molecule has 0 heterocycles. The monoisotopic (exact) mass is 221 g/mol. The molecule has 0 bridgehead atoms. The highest BCUT2D eigenvalue weighted by atomic mass is 16.5. The van der Waals surface area contributed by atoms with Gasteiger partial charge in [0.05, 0.1) is 6.61 Å². The summed E-state index contributed by atoms with van der Waals surface area (Å²) in [6.45, 7) is 5.59. The molecule has 0 aromatic heterocycles. The number of ether oxygens (including phenoxy) is 2. The van der Waals surface area contributed by atoms with Crippen LogP contribution in [0.5, 0.6) is 11.5 Å². The maximum atomic E-state index is 5.58. The summed E-state index contributed by atoms with van der Waals surface area (Å²) in [5.74, 6) is 1.52. The largest absolute Gasteiger partial charge is 0.490 e. The number of hydrogen-bond acceptors (Lipinski definition) is 3. The van der Waals surface area contributed by atoms with Gasteiger partial charge >= 0.3 is 0 Å². The van der Waals surface area contributed by atoms with Crippen molar-refractivity contribution in [3.8, 4) is 11.5 Å². The van der Waals surface area contributed by atoms with Crippen molar-refractivity contribution < 1.29 is 9.47 Å². The van der Waals surface area contributed by atoms with Crippen molar-refractivity contribution in [1.82, 2.24) is 0 Å². The van der Waals surface area contributed by atoms with Gasteiger partial charge in [0.15, 0.2) is 11.5 Å². The van der Waals surface area contributed by atoms with Gasteiger partial charge in [-0.2, -0.15) is 0 Å². The molecule has 0 amide bonds. The molecule has 0 fully saturated rings. The Morgan fingerprint density at radius 2 is 2.06 bits per heavy atom. The molecule has 16 heavy (non-hydrogen) atoms. The predicted octanol–water partition coefficient (Wildman–Crippen LogP) is 2.50. The molecule has 0 spiro atoms. The molecular formula is C13H19NO2. The Morgan fingerprint density at radius 3 is 2.69 bits per heavy atom. The molecule has 0 unspecified atom stereocenters. The van der Waals surface area contributed by atoms with E-state index in [9.17, 15) is 0 Å². The molecule has 0 aliphatic carbocycles. The zero-order valence-electron chi connectivity index (χ0n) is 9.90. The van der Waals surface area contributed by atoms with Crippen LogP contribution in [0.2, 0.25) is 0 Å². The van der Waals surface area contributed by atoms with E-state index in [0.717, 1.165) is 17.1 Å². The first-order valence-corrected chi connectivity index (χ1v) is 5.51. The zero-order valence-corrected chi connectivity index (χ0v) is 9.90. The number of nitrogens with two attached hydrogens (primary N) is 1. The van der Waals surface area contributed by atoms with Crippen molar-refractivity contribution in [2.24, 2.45) is 5.73 Å². The quantitative estimate of drug-likeness (QED) is 0.751. The minimum atomic E-state index is 0.509. The summed E-state index contributed by atoms with van der Waals surface area (Å²) < 4.78 is 11.1. The third-order valence-corrected chi connectivity index (χ3v) is 2.11. The fourth-order valence-corrected chi connectivity index (χ4v) is 1.30. The predicted molar refractivity (Wildman–Crippen MR) is 65.8 cm³/mol. The third-order valence-electron chi connectivity index (χ3n) is 2.11. The maximum Gasteiger partial charge on any atom is 0.161 e. The zero-order chi connectivity index (χ0) is 11.8. The molecule has 0 saturated carbocycles. The number of rotatable bonds is 6. The lowest BCUT2D eigenvalue weighted by molar-refractivity contribution is 0.296. The van der Waals surface area contributed by atoms with E-state index in [1.807, 2.05) is 44.2 Å². The SMILES string of the molecule is C/C=C/COc1ccc(CN)cc1OCC. The fourth-order valence-electron chi connectivity index (χ4n) is 1.30. The van der Waals surface area contributed by atoms with Crippen molar-refractivity contribution in [2.75, 3.05) is 13.2 Å². The molecule has 1 aromatic carbocycles. The normalized spacial score (nSPS) is 10.7. The van der Waals surface area contributed by atoms with Gasteiger partial charge in [-0.25, -0.2) is 0 Å². The Balaban J connectivity index is 2.80. The Bertz CT molecular complexity index is 348. The van der Waals surface area contributed by atoms with Gasteiger partial charge in [-0.05, 0) is 31.5 Å². The van der Waals surface area contributed by atoms with E-state index in [2.05, 4.69) is 0 Å². The Morgan fingerprint density at radius 1 is 1.25 bits per heavy atom. The van der Waals surface area contributed by atoms with Gasteiger partial charge in [0.1, 0.15) is 6.61 Å². The molecule has 0 atom stereocenters. The highest BCUT2D eigenvalue weighted by Gasteiger charge is 2.05. The average molecular weight is 221 g/mol. The first-order chi connectivity index (χ1) is 7.81. The van der Waals surface area contributed by atoms with E-state index in [0.29, 0.717) is 19.8 Å². The van der Waals surface area contributed by atoms with Gasteiger partial charge in [0, 0.05) is 6.54 Å². The molecule has 1 aromatic rings. The van der Waals surface area contributed by atoms with Crippen LogP contribution in [-0.4, -0.2) is 13.2 Å². The average Bonchev–Trinajstić information content (AvgIpc) is 2.31. The molecule has 2 N–H and O–H groups in total. The summed E-state index contributed by atoms with van der Waals surface area (Å²) in [7, 11) is 0. The molecule has 0 aliphatic heterocycles. The summed E-state index contributed by atoms with van der Waals surface area (Å²) >= 11 is 0. The first kappa shape index (κ1) is 12.6. The second-order valence-electron chi connectivity index (χ2n) is 3.30. The van der Waals surface area contributed by atoms with E-state index >= 15 is 0 Å². The van der Waals surface area contributed by atoms with Gasteiger partial charge in [0.2, 0.25) is 0 Å². The molecule has 0 aliphatic rings. The van der Waals surface area contributed by atoms with Gasteiger partial charge in [-0.1, -0.05) is 18.2 Å². The van der Waals surface area contributed by atoms with Crippen molar-refractivity contribution in [1.29, 1.82) is 0 Å². The van der Waals surface area contributed by atoms with E-state index in [1.165, 1.54) is 0 Å². The van der Waals surface area contributed by atoms with E-state index in [4.69, 9.17) is 15.2 Å². The standard InChI is InChI=1S/C13H19NO2/c1-3-5-8-16-12-7-6-11(10-14)9-13(12)15-4-2/h3,5-7,9H,4,8,10,14H2,1-2H3/b5-3+. The number of benzene rings is 1. The Kier molecular flexibility index (Phi) is 5.43. The summed E-state index contributed by atoms with van der Waals surface area (Å²) in [6, 6.07) is 5.78. The molecule has 3 heteroatoms. The van der Waals surface area contributed by atoms with Crippen molar-refractivity contribution in [3.63, 3.8) is 0 Å². The Hall–Kier alpha value is -1.48. The molecular weight excluding hydrogens is 202 g/mol. The van der Waals surface area contributed by atoms with Crippen LogP contribution in [0.4, 0.5) is 0 Å². The molecule has 0 saturated heterocycles. The smallest absolute Gasteiger partial charge is 0.161 e. The Labute approximate surface area is 96.9 Å². The maximum absolute atomic E-state index is 5.58. The van der Waals surface area contributed by atoms with Crippen LogP contribution in [0.1, 0.15) is 19.4 Å². The molecule has 3 nitrogen and oxygen atoms in total. The van der Waals surface area contributed by atoms with Gasteiger partial charge in [0.25, 0.3) is 0 Å². The van der Waals surface area contributed by atoms with Crippen LogP contribution in [0.3, 0.4) is 0 Å². The molecule has 0 radical (unpaired) electrons.